The summed E-state index contributed by atoms with van der Waals surface area (Å²) in [6, 6.07) is 9.91. The Kier molecular flexibility index (Phi) is 2.67. The Morgan fingerprint density at radius 1 is 0.875 bits per heavy atom. The van der Waals surface area contributed by atoms with Gasteiger partial charge in [-0.25, -0.2) is 9.97 Å². The minimum absolute atomic E-state index is 0.494. The molecule has 0 amide bonds. The molecule has 3 aromatic heterocycles. The van der Waals surface area contributed by atoms with Crippen LogP contribution in [0.4, 0.5) is 5.82 Å². The van der Waals surface area contributed by atoms with Gasteiger partial charge in [0.1, 0.15) is 24.7 Å². The third-order valence-corrected chi connectivity index (χ3v) is 4.23. The molecule has 6 heteroatoms. The average molecular weight is 318 g/mol. The molecule has 0 radical (unpaired) electrons. The number of hydrogen-bond donors (Lipinski definition) is 2. The number of hydrogen-bond acceptors (Lipinski definition) is 5. The first-order valence-corrected chi connectivity index (χ1v) is 7.71. The van der Waals surface area contributed by atoms with Crippen LogP contribution in [0.15, 0.2) is 42.7 Å². The molecule has 0 unspecified atom stereocenters. The van der Waals surface area contributed by atoms with E-state index in [1.54, 1.807) is 6.20 Å². The maximum absolute atomic E-state index is 5.82. The predicted molar refractivity (Wildman–Crippen MR) is 92.2 cm³/mol. The highest BCUT2D eigenvalue weighted by Crippen LogP contribution is 2.35. The van der Waals surface area contributed by atoms with Crippen LogP contribution >= 0.6 is 0 Å². The summed E-state index contributed by atoms with van der Waals surface area (Å²) in [6.07, 6.45) is 3.58. The van der Waals surface area contributed by atoms with E-state index in [-0.39, 0.29) is 0 Å². The first-order valence-electron chi connectivity index (χ1n) is 7.71. The summed E-state index contributed by atoms with van der Waals surface area (Å²) in [4.78, 5) is 11.9. The molecule has 4 heterocycles. The van der Waals surface area contributed by atoms with Gasteiger partial charge in [0.2, 0.25) is 0 Å². The van der Waals surface area contributed by atoms with Gasteiger partial charge in [0.15, 0.2) is 11.5 Å². The van der Waals surface area contributed by atoms with Crippen LogP contribution in [0.25, 0.3) is 33.1 Å². The van der Waals surface area contributed by atoms with Crippen molar-refractivity contribution in [3.8, 4) is 22.6 Å². The van der Waals surface area contributed by atoms with Crippen molar-refractivity contribution in [2.45, 2.75) is 0 Å². The fraction of sp³-hybridized carbons (Fsp3) is 0.111. The number of H-pyrrole nitrogens is 1. The molecule has 0 spiro atoms. The summed E-state index contributed by atoms with van der Waals surface area (Å²) in [5, 5.41) is 2.04. The van der Waals surface area contributed by atoms with Crippen LogP contribution in [0, 0.1) is 0 Å². The van der Waals surface area contributed by atoms with E-state index in [0.717, 1.165) is 44.6 Å². The summed E-state index contributed by atoms with van der Waals surface area (Å²) in [7, 11) is 0. The second kappa shape index (κ2) is 4.86. The van der Waals surface area contributed by atoms with E-state index < -0.39 is 0 Å². The molecular formula is C18H14N4O2. The van der Waals surface area contributed by atoms with E-state index in [9.17, 15) is 0 Å². The smallest absolute Gasteiger partial charge is 0.161 e. The third kappa shape index (κ3) is 1.96. The second-order valence-corrected chi connectivity index (χ2v) is 5.76. The van der Waals surface area contributed by atoms with Gasteiger partial charge in [0.05, 0.1) is 11.7 Å². The molecule has 1 aliphatic rings. The Bertz CT molecular complexity index is 1090. The van der Waals surface area contributed by atoms with E-state index in [2.05, 4.69) is 21.0 Å². The maximum Gasteiger partial charge on any atom is 0.161 e. The molecule has 0 aliphatic carbocycles. The van der Waals surface area contributed by atoms with Crippen molar-refractivity contribution in [2.75, 3.05) is 18.9 Å². The van der Waals surface area contributed by atoms with Gasteiger partial charge >= 0.3 is 0 Å². The molecule has 3 N–H and O–H groups in total. The van der Waals surface area contributed by atoms with Gasteiger partial charge in [-0.2, -0.15) is 0 Å². The number of aromatic nitrogens is 3. The fourth-order valence-corrected chi connectivity index (χ4v) is 3.07. The van der Waals surface area contributed by atoms with Gasteiger partial charge in [0, 0.05) is 22.5 Å². The summed E-state index contributed by atoms with van der Waals surface area (Å²) in [5.74, 6) is 2.05. The number of nitrogens with two attached hydrogens (primary N) is 1. The zero-order chi connectivity index (χ0) is 16.1. The third-order valence-electron chi connectivity index (χ3n) is 4.23. The molecule has 5 rings (SSSR count). The second-order valence-electron chi connectivity index (χ2n) is 5.76. The van der Waals surface area contributed by atoms with Crippen molar-refractivity contribution in [1.29, 1.82) is 0 Å². The lowest BCUT2D eigenvalue weighted by atomic mass is 10.1. The van der Waals surface area contributed by atoms with E-state index in [4.69, 9.17) is 15.2 Å². The number of anilines is 1. The summed E-state index contributed by atoms with van der Waals surface area (Å²) in [5.41, 5.74) is 9.61. The van der Waals surface area contributed by atoms with Gasteiger partial charge in [-0.3, -0.25) is 0 Å². The first-order chi connectivity index (χ1) is 11.8. The van der Waals surface area contributed by atoms with Crippen molar-refractivity contribution < 1.29 is 9.47 Å². The number of benzene rings is 1. The molecule has 0 saturated carbocycles. The number of rotatable bonds is 1. The van der Waals surface area contributed by atoms with Crippen LogP contribution in [0.1, 0.15) is 0 Å². The van der Waals surface area contributed by atoms with E-state index in [1.807, 2.05) is 30.5 Å². The van der Waals surface area contributed by atoms with Gasteiger partial charge in [-0.15, -0.1) is 0 Å². The van der Waals surface area contributed by atoms with E-state index >= 15 is 0 Å². The quantitative estimate of drug-likeness (QED) is 0.563. The highest BCUT2D eigenvalue weighted by molar-refractivity contribution is 6.07. The number of nitrogen functional groups attached to an aromatic ring is 1. The SMILES string of the molecule is Nc1cc2c(cn1)[nH]c1ncc(-c3ccc4c(c3)OCCO4)cc12. The molecule has 1 aromatic carbocycles. The Hall–Kier alpha value is -3.28. The van der Waals surface area contributed by atoms with Crippen molar-refractivity contribution in [1.82, 2.24) is 15.0 Å². The zero-order valence-corrected chi connectivity index (χ0v) is 12.7. The topological polar surface area (TPSA) is 86.1 Å². The van der Waals surface area contributed by atoms with Crippen LogP contribution in [0.2, 0.25) is 0 Å². The van der Waals surface area contributed by atoms with Gasteiger partial charge in [0.25, 0.3) is 0 Å². The van der Waals surface area contributed by atoms with Crippen LogP contribution in [-0.2, 0) is 0 Å². The number of aromatic amines is 1. The van der Waals surface area contributed by atoms with E-state index in [1.165, 1.54) is 0 Å². The van der Waals surface area contributed by atoms with Crippen molar-refractivity contribution in [3.63, 3.8) is 0 Å². The summed E-state index contributed by atoms with van der Waals surface area (Å²) >= 11 is 0. The Balaban J connectivity index is 1.69. The Morgan fingerprint density at radius 2 is 1.75 bits per heavy atom. The van der Waals surface area contributed by atoms with Crippen molar-refractivity contribution >= 4 is 27.8 Å². The average Bonchev–Trinajstić information content (AvgIpc) is 2.98. The minimum Gasteiger partial charge on any atom is -0.486 e. The molecular weight excluding hydrogens is 304 g/mol. The monoisotopic (exact) mass is 318 g/mol. The van der Waals surface area contributed by atoms with Crippen molar-refractivity contribution in [3.05, 3.63) is 42.7 Å². The molecule has 4 aromatic rings. The number of fused-ring (bicyclic) bond motifs is 4. The summed E-state index contributed by atoms with van der Waals surface area (Å²) < 4.78 is 11.2. The number of pyridine rings is 2. The number of nitrogens with zero attached hydrogens (tertiary/aromatic N) is 2. The highest BCUT2D eigenvalue weighted by atomic mass is 16.6. The molecule has 0 bridgehead atoms. The van der Waals surface area contributed by atoms with Crippen LogP contribution in [0.5, 0.6) is 11.5 Å². The van der Waals surface area contributed by atoms with Gasteiger partial charge in [-0.1, -0.05) is 6.07 Å². The van der Waals surface area contributed by atoms with Gasteiger partial charge in [-0.05, 0) is 29.8 Å². The standard InChI is InChI=1S/C18H14N4O2/c19-17-7-12-13-5-11(8-21-18(13)22-14(12)9-20-17)10-1-2-15-16(6-10)24-4-3-23-15/h1-2,5-9H,3-4H2,(H2,19,20)(H,21,22). The largest absolute Gasteiger partial charge is 0.486 e. The zero-order valence-electron chi connectivity index (χ0n) is 12.7. The minimum atomic E-state index is 0.494. The lowest BCUT2D eigenvalue weighted by Gasteiger charge is -2.18. The van der Waals surface area contributed by atoms with Crippen LogP contribution < -0.4 is 15.2 Å². The molecule has 0 saturated heterocycles. The molecule has 0 atom stereocenters. The Morgan fingerprint density at radius 3 is 2.67 bits per heavy atom. The molecule has 24 heavy (non-hydrogen) atoms. The van der Waals surface area contributed by atoms with Crippen LogP contribution in [-0.4, -0.2) is 28.2 Å². The molecule has 118 valence electrons. The normalized spacial score (nSPS) is 13.5. The lowest BCUT2D eigenvalue weighted by molar-refractivity contribution is 0.171. The first kappa shape index (κ1) is 13.2. The molecule has 1 aliphatic heterocycles. The number of nitrogens with one attached hydrogen (secondary N) is 1. The maximum atomic E-state index is 5.82. The lowest BCUT2D eigenvalue weighted by Crippen LogP contribution is -2.15. The van der Waals surface area contributed by atoms with Crippen molar-refractivity contribution in [2.24, 2.45) is 0 Å². The summed E-state index contributed by atoms with van der Waals surface area (Å²) in [6.45, 7) is 1.16. The van der Waals surface area contributed by atoms with Crippen LogP contribution in [0.3, 0.4) is 0 Å². The van der Waals surface area contributed by atoms with Gasteiger partial charge < -0.3 is 20.2 Å². The fourth-order valence-electron chi connectivity index (χ4n) is 3.07. The Labute approximate surface area is 137 Å². The number of ether oxygens (including phenoxy) is 2. The highest BCUT2D eigenvalue weighted by Gasteiger charge is 2.14. The predicted octanol–water partition coefficient (Wildman–Crippen LogP) is 3.13. The molecule has 6 nitrogen and oxygen atoms in total. The molecule has 0 fully saturated rings. The van der Waals surface area contributed by atoms with E-state index in [0.29, 0.717) is 19.0 Å².